The van der Waals surface area contributed by atoms with Gasteiger partial charge in [-0.3, -0.25) is 14.7 Å². The Morgan fingerprint density at radius 2 is 2.11 bits per heavy atom. The van der Waals surface area contributed by atoms with Gasteiger partial charge in [-0.25, -0.2) is 4.98 Å². The molecule has 1 fully saturated rings. The zero-order valence-electron chi connectivity index (χ0n) is 15.3. The van der Waals surface area contributed by atoms with Crippen LogP contribution in [0.1, 0.15) is 27.8 Å². The predicted octanol–water partition coefficient (Wildman–Crippen LogP) is 2.56. The van der Waals surface area contributed by atoms with Crippen molar-refractivity contribution in [3.63, 3.8) is 0 Å². The fourth-order valence-electron chi connectivity index (χ4n) is 3.43. The number of morpholine rings is 1. The second-order valence-corrected chi connectivity index (χ2v) is 6.61. The Balaban J connectivity index is 1.62. The number of carbonyl (C=O) groups is 1. The number of nitrogens with one attached hydrogen (secondary N) is 1. The first-order valence-corrected chi connectivity index (χ1v) is 9.10. The molecule has 0 aliphatic carbocycles. The minimum Gasteiger partial charge on any atom is -0.369 e. The van der Waals surface area contributed by atoms with Gasteiger partial charge in [0.15, 0.2) is 0 Å². The van der Waals surface area contributed by atoms with E-state index < -0.39 is 0 Å². The second kappa shape index (κ2) is 7.82. The quantitative estimate of drug-likeness (QED) is 0.773. The number of fused-ring (bicyclic) bond motifs is 1. The molecule has 4 rings (SSSR count). The third kappa shape index (κ3) is 3.82. The van der Waals surface area contributed by atoms with E-state index in [-0.39, 0.29) is 12.0 Å². The molecule has 2 aromatic heterocycles. The van der Waals surface area contributed by atoms with Crippen LogP contribution in [0.15, 0.2) is 54.7 Å². The minimum atomic E-state index is -0.171. The number of pyridine rings is 2. The van der Waals surface area contributed by atoms with Gasteiger partial charge in [-0.1, -0.05) is 24.3 Å². The highest BCUT2D eigenvalue weighted by atomic mass is 16.5. The third-order valence-corrected chi connectivity index (χ3v) is 4.80. The normalized spacial score (nSPS) is 17.7. The Labute approximate surface area is 158 Å². The molecule has 27 heavy (non-hydrogen) atoms. The topological polar surface area (TPSA) is 67.4 Å². The van der Waals surface area contributed by atoms with Crippen molar-refractivity contribution in [2.45, 2.75) is 12.6 Å². The molecule has 1 atom stereocenters. The van der Waals surface area contributed by atoms with Crippen LogP contribution in [0.3, 0.4) is 0 Å². The number of ether oxygens (including phenoxy) is 1. The molecule has 1 amide bonds. The summed E-state index contributed by atoms with van der Waals surface area (Å²) in [4.78, 5) is 23.9. The first kappa shape index (κ1) is 17.6. The summed E-state index contributed by atoms with van der Waals surface area (Å²) >= 11 is 0. The molecular formula is C21H22N4O2. The molecule has 3 heterocycles. The van der Waals surface area contributed by atoms with E-state index in [0.717, 1.165) is 41.9 Å². The Kier molecular flexibility index (Phi) is 5.09. The molecule has 6 heteroatoms. The lowest BCUT2D eigenvalue weighted by Gasteiger charge is -2.32. The van der Waals surface area contributed by atoms with Crippen molar-refractivity contribution in [2.75, 3.05) is 26.7 Å². The van der Waals surface area contributed by atoms with Gasteiger partial charge in [-0.2, -0.15) is 0 Å². The lowest BCUT2D eigenvalue weighted by Crippen LogP contribution is -2.38. The summed E-state index contributed by atoms with van der Waals surface area (Å²) in [5.41, 5.74) is 3.26. The van der Waals surface area contributed by atoms with Gasteiger partial charge in [-0.15, -0.1) is 0 Å². The summed E-state index contributed by atoms with van der Waals surface area (Å²) < 4.78 is 5.99. The summed E-state index contributed by atoms with van der Waals surface area (Å²) in [6, 6.07) is 15.5. The van der Waals surface area contributed by atoms with Gasteiger partial charge in [0.2, 0.25) is 0 Å². The highest BCUT2D eigenvalue weighted by Gasteiger charge is 2.25. The number of carbonyl (C=O) groups excluding carboxylic acids is 1. The SMILES string of the molecule is CNC(=O)c1cc([C@@H]2CN(Cc3ccccn3)CCO2)nc2ccccc12. The highest BCUT2D eigenvalue weighted by Crippen LogP contribution is 2.26. The molecule has 6 nitrogen and oxygen atoms in total. The number of hydrogen-bond donors (Lipinski definition) is 1. The van der Waals surface area contributed by atoms with Crippen molar-refractivity contribution in [1.82, 2.24) is 20.2 Å². The summed E-state index contributed by atoms with van der Waals surface area (Å²) in [5, 5.41) is 3.57. The molecule has 1 aromatic carbocycles. The van der Waals surface area contributed by atoms with Crippen molar-refractivity contribution >= 4 is 16.8 Å². The van der Waals surface area contributed by atoms with Crippen LogP contribution in [-0.4, -0.2) is 47.5 Å². The van der Waals surface area contributed by atoms with Gasteiger partial charge in [0.05, 0.1) is 29.1 Å². The van der Waals surface area contributed by atoms with E-state index >= 15 is 0 Å². The minimum absolute atomic E-state index is 0.115. The van der Waals surface area contributed by atoms with Gasteiger partial charge in [-0.05, 0) is 24.3 Å². The van der Waals surface area contributed by atoms with Crippen LogP contribution < -0.4 is 5.32 Å². The lowest BCUT2D eigenvalue weighted by atomic mass is 10.0. The molecule has 1 aliphatic heterocycles. The summed E-state index contributed by atoms with van der Waals surface area (Å²) in [6.45, 7) is 2.97. The number of rotatable bonds is 4. The molecule has 138 valence electrons. The van der Waals surface area contributed by atoms with Gasteiger partial charge in [0, 0.05) is 38.3 Å². The van der Waals surface area contributed by atoms with Crippen LogP contribution in [-0.2, 0) is 11.3 Å². The maximum atomic E-state index is 12.4. The predicted molar refractivity (Wildman–Crippen MR) is 103 cm³/mol. The van der Waals surface area contributed by atoms with Crippen molar-refractivity contribution in [3.8, 4) is 0 Å². The van der Waals surface area contributed by atoms with Crippen molar-refractivity contribution in [1.29, 1.82) is 0 Å². The van der Waals surface area contributed by atoms with Crippen LogP contribution >= 0.6 is 0 Å². The molecule has 1 N–H and O–H groups in total. The van der Waals surface area contributed by atoms with Crippen LogP contribution in [0.25, 0.3) is 10.9 Å². The van der Waals surface area contributed by atoms with Crippen LogP contribution in [0.2, 0.25) is 0 Å². The van der Waals surface area contributed by atoms with Gasteiger partial charge < -0.3 is 10.1 Å². The van der Waals surface area contributed by atoms with E-state index in [2.05, 4.69) is 15.2 Å². The molecule has 0 saturated carbocycles. The van der Waals surface area contributed by atoms with E-state index in [9.17, 15) is 4.79 Å². The van der Waals surface area contributed by atoms with E-state index in [0.29, 0.717) is 12.2 Å². The molecule has 3 aromatic rings. The molecular weight excluding hydrogens is 340 g/mol. The molecule has 0 bridgehead atoms. The van der Waals surface area contributed by atoms with Crippen LogP contribution in [0.4, 0.5) is 0 Å². The number of benzene rings is 1. The van der Waals surface area contributed by atoms with Gasteiger partial charge >= 0.3 is 0 Å². The number of para-hydroxylation sites is 1. The van der Waals surface area contributed by atoms with E-state index in [1.54, 1.807) is 7.05 Å². The molecule has 1 aliphatic rings. The molecule has 0 spiro atoms. The average molecular weight is 362 g/mol. The fraction of sp³-hybridized carbons (Fsp3) is 0.286. The maximum absolute atomic E-state index is 12.4. The number of nitrogens with zero attached hydrogens (tertiary/aromatic N) is 3. The maximum Gasteiger partial charge on any atom is 0.251 e. The zero-order valence-corrected chi connectivity index (χ0v) is 15.3. The molecule has 0 radical (unpaired) electrons. The van der Waals surface area contributed by atoms with Crippen LogP contribution in [0.5, 0.6) is 0 Å². The second-order valence-electron chi connectivity index (χ2n) is 6.61. The molecule has 1 saturated heterocycles. The number of aromatic nitrogens is 2. The van der Waals surface area contributed by atoms with E-state index in [4.69, 9.17) is 9.72 Å². The lowest BCUT2D eigenvalue weighted by molar-refractivity contribution is -0.0352. The third-order valence-electron chi connectivity index (χ3n) is 4.80. The summed E-state index contributed by atoms with van der Waals surface area (Å²) in [7, 11) is 1.64. The van der Waals surface area contributed by atoms with Crippen LogP contribution in [0, 0.1) is 0 Å². The smallest absolute Gasteiger partial charge is 0.251 e. The standard InChI is InChI=1S/C21H22N4O2/c1-22-21(26)17-12-19(24-18-8-3-2-7-16(17)18)20-14-25(10-11-27-20)13-15-6-4-5-9-23-15/h2-9,12,20H,10-11,13-14H2,1H3,(H,22,26)/t20-/m0/s1. The highest BCUT2D eigenvalue weighted by molar-refractivity contribution is 6.06. The Bertz CT molecular complexity index is 945. The van der Waals surface area contributed by atoms with E-state index in [1.165, 1.54) is 0 Å². The monoisotopic (exact) mass is 362 g/mol. The fourth-order valence-corrected chi connectivity index (χ4v) is 3.43. The zero-order chi connectivity index (χ0) is 18.6. The number of amides is 1. The first-order chi connectivity index (χ1) is 13.2. The average Bonchev–Trinajstić information content (AvgIpc) is 2.73. The van der Waals surface area contributed by atoms with Gasteiger partial charge in [0.25, 0.3) is 5.91 Å². The Morgan fingerprint density at radius 1 is 1.26 bits per heavy atom. The summed E-state index contributed by atoms with van der Waals surface area (Å²) in [5.74, 6) is -0.115. The first-order valence-electron chi connectivity index (χ1n) is 9.10. The largest absolute Gasteiger partial charge is 0.369 e. The molecule has 0 unspecified atom stereocenters. The van der Waals surface area contributed by atoms with Crippen molar-refractivity contribution < 1.29 is 9.53 Å². The Hall–Kier alpha value is -2.83. The number of hydrogen-bond acceptors (Lipinski definition) is 5. The summed E-state index contributed by atoms with van der Waals surface area (Å²) in [6.07, 6.45) is 1.64. The Morgan fingerprint density at radius 3 is 2.93 bits per heavy atom. The van der Waals surface area contributed by atoms with Crippen molar-refractivity contribution in [2.24, 2.45) is 0 Å². The van der Waals surface area contributed by atoms with Crippen molar-refractivity contribution in [3.05, 3.63) is 71.7 Å². The van der Waals surface area contributed by atoms with Gasteiger partial charge in [0.1, 0.15) is 6.10 Å². The van der Waals surface area contributed by atoms with E-state index in [1.807, 2.05) is 54.7 Å².